The summed E-state index contributed by atoms with van der Waals surface area (Å²) in [4.78, 5) is 16.9. The Labute approximate surface area is 124 Å². The summed E-state index contributed by atoms with van der Waals surface area (Å²) in [5, 5.41) is 9.00. The van der Waals surface area contributed by atoms with Gasteiger partial charge in [0.1, 0.15) is 0 Å². The molecule has 3 rings (SSSR count). The third kappa shape index (κ3) is 2.91. The van der Waals surface area contributed by atoms with Crippen LogP contribution < -0.4 is 0 Å². The highest BCUT2D eigenvalue weighted by molar-refractivity contribution is 7.14. The molecule has 1 aromatic rings. The van der Waals surface area contributed by atoms with Crippen LogP contribution in [-0.4, -0.2) is 35.6 Å². The van der Waals surface area contributed by atoms with Crippen LogP contribution in [0.5, 0.6) is 0 Å². The zero-order valence-electron chi connectivity index (χ0n) is 11.9. The zero-order valence-corrected chi connectivity index (χ0v) is 12.8. The van der Waals surface area contributed by atoms with Crippen LogP contribution in [0.2, 0.25) is 0 Å². The van der Waals surface area contributed by atoms with Crippen molar-refractivity contribution < 1.29 is 9.90 Å². The third-order valence-electron chi connectivity index (χ3n) is 4.57. The third-order valence-corrected chi connectivity index (χ3v) is 5.79. The molecule has 1 aliphatic heterocycles. The number of nitrogens with zero attached hydrogens (tertiary/aromatic N) is 1. The van der Waals surface area contributed by atoms with Crippen molar-refractivity contribution in [3.63, 3.8) is 0 Å². The van der Waals surface area contributed by atoms with E-state index in [1.807, 2.05) is 4.90 Å². The number of rotatable bonds is 3. The smallest absolute Gasteiger partial charge is 0.263 e. The second-order valence-corrected chi connectivity index (χ2v) is 7.17. The molecule has 1 fully saturated rings. The fourth-order valence-corrected chi connectivity index (χ4v) is 4.59. The molecule has 110 valence electrons. The first-order valence-corrected chi connectivity index (χ1v) is 8.61. The highest BCUT2D eigenvalue weighted by Gasteiger charge is 2.28. The fourth-order valence-electron chi connectivity index (χ4n) is 3.36. The molecule has 1 aromatic heterocycles. The summed E-state index contributed by atoms with van der Waals surface area (Å²) in [6.45, 7) is 1.91. The molecular formula is C16H23NO2S. The van der Waals surface area contributed by atoms with Gasteiger partial charge in [-0.15, -0.1) is 11.3 Å². The van der Waals surface area contributed by atoms with E-state index in [1.54, 1.807) is 11.3 Å². The van der Waals surface area contributed by atoms with Crippen molar-refractivity contribution >= 4 is 17.2 Å². The number of amides is 1. The number of aryl methyl sites for hydroxylation is 2. The van der Waals surface area contributed by atoms with Crippen LogP contribution in [0.3, 0.4) is 0 Å². The molecular weight excluding hydrogens is 270 g/mol. The van der Waals surface area contributed by atoms with E-state index < -0.39 is 0 Å². The molecule has 2 heterocycles. The molecule has 20 heavy (non-hydrogen) atoms. The van der Waals surface area contributed by atoms with Crippen molar-refractivity contribution in [2.24, 2.45) is 5.92 Å². The maximum absolute atomic E-state index is 12.6. The predicted octanol–water partition coefficient (Wildman–Crippen LogP) is 2.86. The summed E-state index contributed by atoms with van der Waals surface area (Å²) in [6.07, 6.45) is 8.01. The zero-order chi connectivity index (χ0) is 13.9. The molecule has 3 nitrogen and oxygen atoms in total. The van der Waals surface area contributed by atoms with Crippen LogP contribution in [0, 0.1) is 5.92 Å². The molecule has 0 spiro atoms. The van der Waals surface area contributed by atoms with E-state index in [-0.39, 0.29) is 12.5 Å². The summed E-state index contributed by atoms with van der Waals surface area (Å²) < 4.78 is 0. The summed E-state index contributed by atoms with van der Waals surface area (Å²) in [5.74, 6) is 0.699. The van der Waals surface area contributed by atoms with Gasteiger partial charge >= 0.3 is 0 Å². The standard InChI is InChI=1S/C16H23NO2S/c18-9-7-12-6-8-17(11-12)16(19)15-10-13-4-2-1-3-5-14(13)20-15/h10,12,18H,1-9,11H2. The number of carbonyl (C=O) groups excluding carboxylic acids is 1. The Hall–Kier alpha value is -0.870. The summed E-state index contributed by atoms with van der Waals surface area (Å²) in [6, 6.07) is 2.15. The Balaban J connectivity index is 1.69. The largest absolute Gasteiger partial charge is 0.396 e. The van der Waals surface area contributed by atoms with Crippen molar-refractivity contribution in [3.05, 3.63) is 21.4 Å². The summed E-state index contributed by atoms with van der Waals surface area (Å²) >= 11 is 1.72. The van der Waals surface area contributed by atoms with Gasteiger partial charge in [-0.05, 0) is 56.1 Å². The van der Waals surface area contributed by atoms with Crippen LogP contribution in [-0.2, 0) is 12.8 Å². The number of hydrogen-bond acceptors (Lipinski definition) is 3. The molecule has 1 N–H and O–H groups in total. The van der Waals surface area contributed by atoms with Crippen molar-refractivity contribution in [1.82, 2.24) is 4.90 Å². The number of aliphatic hydroxyl groups excluding tert-OH is 1. The Morgan fingerprint density at radius 1 is 1.35 bits per heavy atom. The van der Waals surface area contributed by atoms with E-state index in [1.165, 1.54) is 29.7 Å². The molecule has 1 atom stereocenters. The highest BCUT2D eigenvalue weighted by atomic mass is 32.1. The molecule has 0 radical (unpaired) electrons. The second-order valence-electron chi connectivity index (χ2n) is 6.04. The average molecular weight is 293 g/mol. The monoisotopic (exact) mass is 293 g/mol. The molecule has 1 saturated heterocycles. The van der Waals surface area contributed by atoms with E-state index in [4.69, 9.17) is 5.11 Å². The summed E-state index contributed by atoms with van der Waals surface area (Å²) in [7, 11) is 0. The van der Waals surface area contributed by atoms with Gasteiger partial charge in [0, 0.05) is 24.6 Å². The molecule has 1 aliphatic carbocycles. The molecule has 2 aliphatic rings. The van der Waals surface area contributed by atoms with Gasteiger partial charge in [-0.2, -0.15) is 0 Å². The van der Waals surface area contributed by atoms with Gasteiger partial charge in [0.05, 0.1) is 4.88 Å². The van der Waals surface area contributed by atoms with Gasteiger partial charge < -0.3 is 10.0 Å². The lowest BCUT2D eigenvalue weighted by Crippen LogP contribution is -2.28. The summed E-state index contributed by atoms with van der Waals surface area (Å²) in [5.41, 5.74) is 1.42. The van der Waals surface area contributed by atoms with Crippen LogP contribution in [0.1, 0.15) is 52.2 Å². The number of likely N-dealkylation sites (tertiary alicyclic amines) is 1. The predicted molar refractivity (Wildman–Crippen MR) is 81.3 cm³/mol. The lowest BCUT2D eigenvalue weighted by Gasteiger charge is -2.15. The van der Waals surface area contributed by atoms with E-state index in [9.17, 15) is 4.79 Å². The number of aliphatic hydroxyl groups is 1. The fraction of sp³-hybridized carbons (Fsp3) is 0.688. The number of fused-ring (bicyclic) bond motifs is 1. The van der Waals surface area contributed by atoms with Gasteiger partial charge in [0.15, 0.2) is 0 Å². The maximum Gasteiger partial charge on any atom is 0.263 e. The Morgan fingerprint density at radius 3 is 3.05 bits per heavy atom. The van der Waals surface area contributed by atoms with Crippen molar-refractivity contribution in [3.8, 4) is 0 Å². The Kier molecular flexibility index (Phi) is 4.41. The second kappa shape index (κ2) is 6.27. The van der Waals surface area contributed by atoms with Gasteiger partial charge in [0.2, 0.25) is 0 Å². The molecule has 0 saturated carbocycles. The minimum absolute atomic E-state index is 0.212. The van der Waals surface area contributed by atoms with Gasteiger partial charge in [-0.25, -0.2) is 0 Å². The van der Waals surface area contributed by atoms with Gasteiger partial charge in [-0.3, -0.25) is 4.79 Å². The normalized spacial score (nSPS) is 22.6. The topological polar surface area (TPSA) is 40.5 Å². The van der Waals surface area contributed by atoms with E-state index in [0.29, 0.717) is 5.92 Å². The van der Waals surface area contributed by atoms with Crippen molar-refractivity contribution in [2.45, 2.75) is 44.9 Å². The lowest BCUT2D eigenvalue weighted by atomic mass is 10.1. The molecule has 0 aromatic carbocycles. The average Bonchev–Trinajstić information content (AvgIpc) is 3.01. The van der Waals surface area contributed by atoms with Crippen LogP contribution >= 0.6 is 11.3 Å². The Morgan fingerprint density at radius 2 is 2.20 bits per heavy atom. The van der Waals surface area contributed by atoms with E-state index in [0.717, 1.165) is 43.6 Å². The van der Waals surface area contributed by atoms with Crippen LogP contribution in [0.4, 0.5) is 0 Å². The quantitative estimate of drug-likeness (QED) is 0.871. The van der Waals surface area contributed by atoms with Gasteiger partial charge in [-0.1, -0.05) is 6.42 Å². The minimum Gasteiger partial charge on any atom is -0.396 e. The maximum atomic E-state index is 12.6. The van der Waals surface area contributed by atoms with Crippen LogP contribution in [0.15, 0.2) is 6.07 Å². The number of hydrogen-bond donors (Lipinski definition) is 1. The first-order valence-electron chi connectivity index (χ1n) is 7.79. The van der Waals surface area contributed by atoms with E-state index in [2.05, 4.69) is 6.07 Å². The van der Waals surface area contributed by atoms with Crippen molar-refractivity contribution in [2.75, 3.05) is 19.7 Å². The number of carbonyl (C=O) groups is 1. The molecule has 4 heteroatoms. The first-order chi connectivity index (χ1) is 9.78. The minimum atomic E-state index is 0.212. The van der Waals surface area contributed by atoms with Gasteiger partial charge in [0.25, 0.3) is 5.91 Å². The number of thiophene rings is 1. The van der Waals surface area contributed by atoms with E-state index >= 15 is 0 Å². The first kappa shape index (κ1) is 14.1. The van der Waals surface area contributed by atoms with Crippen molar-refractivity contribution in [1.29, 1.82) is 0 Å². The molecule has 1 amide bonds. The van der Waals surface area contributed by atoms with Crippen LogP contribution in [0.25, 0.3) is 0 Å². The molecule has 1 unspecified atom stereocenters. The molecule has 0 bridgehead atoms. The highest BCUT2D eigenvalue weighted by Crippen LogP contribution is 2.31. The Bertz CT molecular complexity index is 459. The SMILES string of the molecule is O=C(c1cc2c(s1)CCCCC2)N1CCC(CCO)C1. The lowest BCUT2D eigenvalue weighted by molar-refractivity contribution is 0.0789.